The second kappa shape index (κ2) is 7.49. The molecule has 0 radical (unpaired) electrons. The van der Waals surface area contributed by atoms with Crippen molar-refractivity contribution in [2.45, 2.75) is 25.7 Å². The zero-order valence-electron chi connectivity index (χ0n) is 16.0. The first-order chi connectivity index (χ1) is 14.6. The fourth-order valence-corrected chi connectivity index (χ4v) is 3.75. The number of carbonyl (C=O) groups excluding carboxylic acids is 1. The third-order valence-electron chi connectivity index (χ3n) is 5.00. The van der Waals surface area contributed by atoms with Gasteiger partial charge in [-0.2, -0.15) is 13.2 Å². The number of aromatic nitrogens is 1. The molecule has 1 aliphatic heterocycles. The van der Waals surface area contributed by atoms with Crippen molar-refractivity contribution in [2.24, 2.45) is 0 Å². The van der Waals surface area contributed by atoms with Crippen molar-refractivity contribution in [3.63, 3.8) is 0 Å². The SMILES string of the molecule is CCOC(=O)c1c(O)c2ccc(Cl)c3c2n(c1=O)CC(c1ccc(C(F)(F)F)cc1)O3. The molecule has 0 fully saturated rings. The first-order valence-electron chi connectivity index (χ1n) is 9.22. The molecule has 0 saturated carbocycles. The Hall–Kier alpha value is -3.20. The number of alkyl halides is 3. The highest BCUT2D eigenvalue weighted by Gasteiger charge is 2.33. The number of nitrogens with zero attached hydrogens (tertiary/aromatic N) is 1. The molecule has 0 amide bonds. The number of ether oxygens (including phenoxy) is 2. The van der Waals surface area contributed by atoms with Crippen LogP contribution in [-0.2, 0) is 17.5 Å². The number of esters is 1. The normalized spacial score (nSPS) is 15.6. The van der Waals surface area contributed by atoms with Gasteiger partial charge in [0.25, 0.3) is 5.56 Å². The van der Waals surface area contributed by atoms with E-state index in [1.165, 1.54) is 28.8 Å². The zero-order chi connectivity index (χ0) is 22.5. The molecule has 31 heavy (non-hydrogen) atoms. The molecular weight excluding hydrogens is 439 g/mol. The maximum absolute atomic E-state index is 13.1. The highest BCUT2D eigenvalue weighted by molar-refractivity contribution is 6.33. The molecule has 1 unspecified atom stereocenters. The van der Waals surface area contributed by atoms with Gasteiger partial charge in [0.2, 0.25) is 0 Å². The summed E-state index contributed by atoms with van der Waals surface area (Å²) >= 11 is 6.24. The Morgan fingerprint density at radius 2 is 1.94 bits per heavy atom. The first-order valence-corrected chi connectivity index (χ1v) is 9.60. The van der Waals surface area contributed by atoms with E-state index < -0.39 is 40.7 Å². The van der Waals surface area contributed by atoms with Crippen LogP contribution in [0.5, 0.6) is 11.5 Å². The minimum Gasteiger partial charge on any atom is -0.506 e. The van der Waals surface area contributed by atoms with Crippen LogP contribution in [0.2, 0.25) is 5.02 Å². The van der Waals surface area contributed by atoms with Crippen molar-refractivity contribution in [3.8, 4) is 11.5 Å². The summed E-state index contributed by atoms with van der Waals surface area (Å²) in [7, 11) is 0. The summed E-state index contributed by atoms with van der Waals surface area (Å²) < 4.78 is 50.6. The Morgan fingerprint density at radius 3 is 2.55 bits per heavy atom. The van der Waals surface area contributed by atoms with Crippen molar-refractivity contribution >= 4 is 28.5 Å². The lowest BCUT2D eigenvalue weighted by Crippen LogP contribution is -2.33. The van der Waals surface area contributed by atoms with Crippen molar-refractivity contribution in [1.29, 1.82) is 0 Å². The van der Waals surface area contributed by atoms with Gasteiger partial charge in [-0.05, 0) is 36.8 Å². The molecule has 2 aromatic carbocycles. The predicted molar refractivity (Wildman–Crippen MR) is 106 cm³/mol. The standard InChI is InChI=1S/C21H15ClF3NO5/c1-2-30-20(29)15-17(27)12-7-8-13(22)18-16(12)26(19(15)28)9-14(31-18)10-3-5-11(6-4-10)21(23,24)25/h3-8,14,27H,2,9H2,1H3. The number of aromatic hydroxyl groups is 1. The number of pyridine rings is 1. The van der Waals surface area contributed by atoms with Gasteiger partial charge in [-0.1, -0.05) is 23.7 Å². The fourth-order valence-electron chi connectivity index (χ4n) is 3.56. The molecule has 1 N–H and O–H groups in total. The number of halogens is 4. The molecule has 0 saturated heterocycles. The van der Waals surface area contributed by atoms with Gasteiger partial charge in [0, 0.05) is 5.39 Å². The average Bonchev–Trinajstić information content (AvgIpc) is 2.72. The maximum Gasteiger partial charge on any atom is 0.416 e. The Labute approximate surface area is 178 Å². The van der Waals surface area contributed by atoms with E-state index in [0.717, 1.165) is 12.1 Å². The van der Waals surface area contributed by atoms with E-state index in [-0.39, 0.29) is 34.8 Å². The van der Waals surface area contributed by atoms with Crippen LogP contribution >= 0.6 is 11.6 Å². The second-order valence-corrected chi connectivity index (χ2v) is 7.27. The van der Waals surface area contributed by atoms with Gasteiger partial charge in [0.15, 0.2) is 11.3 Å². The topological polar surface area (TPSA) is 77.8 Å². The summed E-state index contributed by atoms with van der Waals surface area (Å²) in [5.74, 6) is -1.45. The molecule has 4 rings (SSSR count). The van der Waals surface area contributed by atoms with Crippen molar-refractivity contribution in [3.05, 3.63) is 68.5 Å². The van der Waals surface area contributed by atoms with Gasteiger partial charge in [-0.15, -0.1) is 0 Å². The van der Waals surface area contributed by atoms with Crippen LogP contribution in [0.4, 0.5) is 13.2 Å². The van der Waals surface area contributed by atoms with Crippen LogP contribution < -0.4 is 10.3 Å². The highest BCUT2D eigenvalue weighted by atomic mass is 35.5. The number of rotatable bonds is 3. The largest absolute Gasteiger partial charge is 0.506 e. The van der Waals surface area contributed by atoms with E-state index in [0.29, 0.717) is 5.56 Å². The Balaban J connectivity index is 1.87. The van der Waals surface area contributed by atoms with Crippen molar-refractivity contribution in [1.82, 2.24) is 4.57 Å². The quantitative estimate of drug-likeness (QED) is 0.582. The van der Waals surface area contributed by atoms with Crippen LogP contribution in [0.25, 0.3) is 10.9 Å². The Kier molecular flexibility index (Phi) is 5.09. The smallest absolute Gasteiger partial charge is 0.416 e. The van der Waals surface area contributed by atoms with E-state index in [9.17, 15) is 27.9 Å². The molecule has 6 nitrogen and oxygen atoms in total. The van der Waals surface area contributed by atoms with Gasteiger partial charge in [-0.25, -0.2) is 4.79 Å². The number of hydrogen-bond acceptors (Lipinski definition) is 5. The van der Waals surface area contributed by atoms with Crippen molar-refractivity contribution in [2.75, 3.05) is 6.61 Å². The van der Waals surface area contributed by atoms with E-state index in [2.05, 4.69) is 0 Å². The van der Waals surface area contributed by atoms with Crippen LogP contribution in [0, 0.1) is 0 Å². The number of hydrogen-bond donors (Lipinski definition) is 1. The molecule has 1 aliphatic rings. The molecule has 3 aromatic rings. The van der Waals surface area contributed by atoms with Gasteiger partial charge in [0.05, 0.1) is 29.3 Å². The van der Waals surface area contributed by atoms with Gasteiger partial charge in [0.1, 0.15) is 11.9 Å². The number of benzene rings is 2. The lowest BCUT2D eigenvalue weighted by atomic mass is 10.0. The molecule has 1 aromatic heterocycles. The zero-order valence-corrected chi connectivity index (χ0v) is 16.8. The Morgan fingerprint density at radius 1 is 1.26 bits per heavy atom. The molecule has 162 valence electrons. The minimum atomic E-state index is -4.49. The van der Waals surface area contributed by atoms with Crippen LogP contribution in [0.3, 0.4) is 0 Å². The summed E-state index contributed by atoms with van der Waals surface area (Å²) in [6.07, 6.45) is -5.34. The summed E-state index contributed by atoms with van der Waals surface area (Å²) in [4.78, 5) is 25.4. The summed E-state index contributed by atoms with van der Waals surface area (Å²) in [6, 6.07) is 7.21. The third kappa shape index (κ3) is 3.48. The van der Waals surface area contributed by atoms with E-state index in [4.69, 9.17) is 21.1 Å². The summed E-state index contributed by atoms with van der Waals surface area (Å²) in [5.41, 5.74) is -1.60. The van der Waals surface area contributed by atoms with Crippen LogP contribution in [0.15, 0.2) is 41.2 Å². The van der Waals surface area contributed by atoms with Crippen LogP contribution in [0.1, 0.15) is 34.5 Å². The van der Waals surface area contributed by atoms with Gasteiger partial charge in [-0.3, -0.25) is 9.36 Å². The molecule has 1 atom stereocenters. The lowest BCUT2D eigenvalue weighted by Gasteiger charge is -2.29. The Bertz CT molecular complexity index is 1250. The molecular formula is C21H15ClF3NO5. The second-order valence-electron chi connectivity index (χ2n) is 6.86. The van der Waals surface area contributed by atoms with Gasteiger partial charge < -0.3 is 14.6 Å². The van der Waals surface area contributed by atoms with Gasteiger partial charge >= 0.3 is 12.1 Å². The summed E-state index contributed by atoms with van der Waals surface area (Å²) in [6.45, 7) is 1.45. The monoisotopic (exact) mass is 453 g/mol. The highest BCUT2D eigenvalue weighted by Crippen LogP contribution is 2.43. The first kappa shape index (κ1) is 21.0. The van der Waals surface area contributed by atoms with E-state index >= 15 is 0 Å². The predicted octanol–water partition coefficient (Wildman–Crippen LogP) is 4.69. The van der Waals surface area contributed by atoms with Crippen molar-refractivity contribution < 1.29 is 32.5 Å². The summed E-state index contributed by atoms with van der Waals surface area (Å²) in [5, 5.41) is 10.9. The lowest BCUT2D eigenvalue weighted by molar-refractivity contribution is -0.137. The van der Waals surface area contributed by atoms with E-state index in [1.54, 1.807) is 6.92 Å². The molecule has 0 aliphatic carbocycles. The number of carbonyl (C=O) groups is 1. The maximum atomic E-state index is 13.1. The van der Waals surface area contributed by atoms with E-state index in [1.807, 2.05) is 0 Å². The molecule has 2 heterocycles. The fraction of sp³-hybridized carbons (Fsp3) is 0.238. The minimum absolute atomic E-state index is 0.00108. The van der Waals surface area contributed by atoms with Crippen LogP contribution in [-0.4, -0.2) is 22.2 Å². The average molecular weight is 454 g/mol. The molecule has 0 bridgehead atoms. The third-order valence-corrected chi connectivity index (χ3v) is 5.30. The molecule has 10 heteroatoms. The molecule has 0 spiro atoms.